The lowest BCUT2D eigenvalue weighted by Crippen LogP contribution is -2.19. The Labute approximate surface area is 155 Å². The number of allylic oxidation sites excluding steroid dienone is 1. The number of nitrogens with zero attached hydrogens (tertiary/aromatic N) is 2. The number of H-pyrrole nitrogens is 1. The van der Waals surface area contributed by atoms with Crippen LogP contribution in [0.3, 0.4) is 0 Å². The number of amides is 1. The van der Waals surface area contributed by atoms with Gasteiger partial charge in [-0.1, -0.05) is 42.1 Å². The molecule has 0 saturated heterocycles. The minimum Gasteiger partial charge on any atom is -0.496 e. The number of fused-ring (bicyclic) bond motifs is 1. The summed E-state index contributed by atoms with van der Waals surface area (Å²) in [5.74, 6) is 0.814. The summed E-state index contributed by atoms with van der Waals surface area (Å²) in [4.78, 5) is 19.4. The minimum atomic E-state index is -0.197. The van der Waals surface area contributed by atoms with Crippen LogP contribution >= 0.6 is 11.8 Å². The summed E-state index contributed by atoms with van der Waals surface area (Å²) in [6.45, 7) is 0. The number of aromatic nitrogens is 2. The van der Waals surface area contributed by atoms with Crippen molar-refractivity contribution in [1.29, 1.82) is 0 Å². The highest BCUT2D eigenvalue weighted by Crippen LogP contribution is 2.19. The Balaban J connectivity index is 1.46. The third kappa shape index (κ3) is 4.73. The number of benzene rings is 2. The average molecular weight is 366 g/mol. The molecule has 26 heavy (non-hydrogen) atoms. The first-order valence-corrected chi connectivity index (χ1v) is 8.94. The molecular weight excluding hydrogens is 348 g/mol. The van der Waals surface area contributed by atoms with E-state index in [0.29, 0.717) is 5.16 Å². The van der Waals surface area contributed by atoms with Crippen molar-refractivity contribution in [1.82, 2.24) is 15.4 Å². The summed E-state index contributed by atoms with van der Waals surface area (Å²) in [5, 5.41) is 4.61. The van der Waals surface area contributed by atoms with E-state index >= 15 is 0 Å². The molecule has 2 N–H and O–H groups in total. The van der Waals surface area contributed by atoms with Crippen LogP contribution in [0.15, 0.2) is 64.9 Å². The molecule has 0 atom stereocenters. The molecule has 6 nitrogen and oxygen atoms in total. The number of thioether (sulfide) groups is 1. The van der Waals surface area contributed by atoms with Gasteiger partial charge in [0.25, 0.3) is 5.91 Å². The standard InChI is InChI=1S/C19H18N4O2S/c1-25-17-11-5-2-7-14(17)8-6-12-20-23-18(24)13-26-19-21-15-9-3-4-10-16(15)22-19/h2-12H,13H2,1H3,(H,21,22)(H,23,24). The molecule has 3 aromatic rings. The van der Waals surface area contributed by atoms with Crippen LogP contribution in [0.1, 0.15) is 5.56 Å². The molecule has 0 radical (unpaired) electrons. The second kappa shape index (κ2) is 8.87. The Hall–Kier alpha value is -3.06. The molecule has 0 unspecified atom stereocenters. The van der Waals surface area contributed by atoms with Crippen LogP contribution in [0, 0.1) is 0 Å². The fourth-order valence-electron chi connectivity index (χ4n) is 2.27. The fourth-order valence-corrected chi connectivity index (χ4v) is 2.94. The molecule has 132 valence electrons. The Morgan fingerprint density at radius 2 is 2.08 bits per heavy atom. The molecule has 7 heteroatoms. The quantitative estimate of drug-likeness (QED) is 0.381. The van der Waals surface area contributed by atoms with Crippen LogP contribution in [-0.4, -0.2) is 35.0 Å². The number of para-hydroxylation sites is 3. The normalized spacial score (nSPS) is 11.4. The van der Waals surface area contributed by atoms with Crippen LogP contribution in [0.4, 0.5) is 0 Å². The molecule has 0 fully saturated rings. The molecular formula is C19H18N4O2S. The van der Waals surface area contributed by atoms with E-state index in [2.05, 4.69) is 20.5 Å². The number of carbonyl (C=O) groups excluding carboxylic acids is 1. The highest BCUT2D eigenvalue weighted by Gasteiger charge is 2.05. The zero-order valence-electron chi connectivity index (χ0n) is 14.2. The van der Waals surface area contributed by atoms with Gasteiger partial charge < -0.3 is 9.72 Å². The molecule has 2 aromatic carbocycles. The molecule has 1 aromatic heterocycles. The number of hydrogen-bond donors (Lipinski definition) is 2. The van der Waals surface area contributed by atoms with E-state index in [9.17, 15) is 4.79 Å². The van der Waals surface area contributed by atoms with Gasteiger partial charge in [0.2, 0.25) is 0 Å². The van der Waals surface area contributed by atoms with E-state index < -0.39 is 0 Å². The molecule has 0 spiro atoms. The topological polar surface area (TPSA) is 79.4 Å². The van der Waals surface area contributed by atoms with Crippen molar-refractivity contribution in [2.24, 2.45) is 5.10 Å². The first kappa shape index (κ1) is 17.8. The van der Waals surface area contributed by atoms with Gasteiger partial charge in [-0.3, -0.25) is 4.79 Å². The van der Waals surface area contributed by atoms with Crippen molar-refractivity contribution in [3.8, 4) is 5.75 Å². The van der Waals surface area contributed by atoms with Gasteiger partial charge >= 0.3 is 0 Å². The van der Waals surface area contributed by atoms with E-state index in [1.165, 1.54) is 18.0 Å². The molecule has 0 aliphatic rings. The highest BCUT2D eigenvalue weighted by atomic mass is 32.2. The van der Waals surface area contributed by atoms with E-state index in [0.717, 1.165) is 22.3 Å². The third-order valence-corrected chi connectivity index (χ3v) is 4.35. The number of rotatable bonds is 7. The van der Waals surface area contributed by atoms with Gasteiger partial charge in [0.15, 0.2) is 5.16 Å². The maximum atomic E-state index is 11.8. The monoisotopic (exact) mass is 366 g/mol. The van der Waals surface area contributed by atoms with Crippen molar-refractivity contribution in [2.45, 2.75) is 5.16 Å². The van der Waals surface area contributed by atoms with Crippen molar-refractivity contribution in [2.75, 3.05) is 12.9 Å². The van der Waals surface area contributed by atoms with Gasteiger partial charge in [-0.15, -0.1) is 0 Å². The van der Waals surface area contributed by atoms with Crippen molar-refractivity contribution >= 4 is 41.0 Å². The molecule has 0 bridgehead atoms. The minimum absolute atomic E-state index is 0.197. The van der Waals surface area contributed by atoms with Crippen LogP contribution in [0.25, 0.3) is 17.1 Å². The summed E-state index contributed by atoms with van der Waals surface area (Å²) < 4.78 is 5.26. The predicted molar refractivity (Wildman–Crippen MR) is 105 cm³/mol. The van der Waals surface area contributed by atoms with Gasteiger partial charge in [-0.05, 0) is 30.4 Å². The number of hydrogen-bond acceptors (Lipinski definition) is 5. The summed E-state index contributed by atoms with van der Waals surface area (Å²) >= 11 is 1.33. The van der Waals surface area contributed by atoms with Gasteiger partial charge in [-0.25, -0.2) is 10.4 Å². The van der Waals surface area contributed by atoms with Gasteiger partial charge in [-0.2, -0.15) is 5.10 Å². The largest absolute Gasteiger partial charge is 0.496 e. The van der Waals surface area contributed by atoms with Gasteiger partial charge in [0.05, 0.1) is 23.9 Å². The highest BCUT2D eigenvalue weighted by molar-refractivity contribution is 7.99. The van der Waals surface area contributed by atoms with Crippen LogP contribution < -0.4 is 10.2 Å². The molecule has 0 aliphatic carbocycles. The van der Waals surface area contributed by atoms with Crippen molar-refractivity contribution in [3.63, 3.8) is 0 Å². The lowest BCUT2D eigenvalue weighted by atomic mass is 10.2. The number of carbonyl (C=O) groups is 1. The summed E-state index contributed by atoms with van der Waals surface area (Å²) in [6, 6.07) is 15.4. The molecule has 0 saturated carbocycles. The smallest absolute Gasteiger partial charge is 0.250 e. The second-order valence-corrected chi connectivity index (χ2v) is 6.23. The van der Waals surface area contributed by atoms with Crippen LogP contribution in [-0.2, 0) is 4.79 Å². The number of nitrogens with one attached hydrogen (secondary N) is 2. The lowest BCUT2D eigenvalue weighted by molar-refractivity contribution is -0.118. The molecule has 3 rings (SSSR count). The summed E-state index contributed by atoms with van der Waals surface area (Å²) in [7, 11) is 1.63. The maximum absolute atomic E-state index is 11.8. The first-order chi connectivity index (χ1) is 12.8. The van der Waals surface area contributed by atoms with E-state index in [4.69, 9.17) is 4.74 Å². The zero-order valence-corrected chi connectivity index (χ0v) is 15.0. The molecule has 1 amide bonds. The average Bonchev–Trinajstić information content (AvgIpc) is 3.09. The molecule has 0 aliphatic heterocycles. The van der Waals surface area contributed by atoms with Crippen molar-refractivity contribution in [3.05, 3.63) is 60.2 Å². The number of aromatic amines is 1. The van der Waals surface area contributed by atoms with Crippen LogP contribution in [0.2, 0.25) is 0 Å². The number of methoxy groups -OCH3 is 1. The number of hydrazone groups is 1. The predicted octanol–water partition coefficient (Wildman–Crippen LogP) is 3.48. The Morgan fingerprint density at radius 1 is 1.27 bits per heavy atom. The summed E-state index contributed by atoms with van der Waals surface area (Å²) in [5.41, 5.74) is 5.26. The Morgan fingerprint density at radius 3 is 2.92 bits per heavy atom. The van der Waals surface area contributed by atoms with E-state index in [-0.39, 0.29) is 11.7 Å². The zero-order chi connectivity index (χ0) is 18.2. The fraction of sp³-hybridized carbons (Fsp3) is 0.105. The van der Waals surface area contributed by atoms with E-state index in [1.54, 1.807) is 13.2 Å². The molecule has 1 heterocycles. The summed E-state index contributed by atoms with van der Waals surface area (Å²) in [6.07, 6.45) is 5.12. The number of imidazole rings is 1. The lowest BCUT2D eigenvalue weighted by Gasteiger charge is -2.02. The Kier molecular flexibility index (Phi) is 6.05. The maximum Gasteiger partial charge on any atom is 0.250 e. The number of ether oxygens (including phenoxy) is 1. The van der Waals surface area contributed by atoms with Gasteiger partial charge in [0, 0.05) is 11.8 Å². The van der Waals surface area contributed by atoms with E-state index in [1.807, 2.05) is 54.6 Å². The third-order valence-electron chi connectivity index (χ3n) is 3.47. The van der Waals surface area contributed by atoms with Gasteiger partial charge in [0.1, 0.15) is 5.75 Å². The SMILES string of the molecule is COc1ccccc1C=CC=NNC(=O)CSc1nc2ccccc2[nH]1. The second-order valence-electron chi connectivity index (χ2n) is 5.26. The first-order valence-electron chi connectivity index (χ1n) is 7.95. The Bertz CT molecular complexity index is 916. The van der Waals surface area contributed by atoms with Crippen LogP contribution in [0.5, 0.6) is 5.75 Å². The van der Waals surface area contributed by atoms with Crippen molar-refractivity contribution < 1.29 is 9.53 Å².